The van der Waals surface area contributed by atoms with Crippen LogP contribution in [0.4, 0.5) is 0 Å². The quantitative estimate of drug-likeness (QED) is 0.902. The van der Waals surface area contributed by atoms with Crippen molar-refractivity contribution in [2.45, 2.75) is 39.5 Å². The molecule has 0 fully saturated rings. The Labute approximate surface area is 118 Å². The fourth-order valence-corrected chi connectivity index (χ4v) is 2.53. The second-order valence-electron chi connectivity index (χ2n) is 5.89. The summed E-state index contributed by atoms with van der Waals surface area (Å²) in [5.41, 5.74) is 1.42. The highest BCUT2D eigenvalue weighted by molar-refractivity contribution is 5.64. The lowest BCUT2D eigenvalue weighted by Gasteiger charge is -2.24. The van der Waals surface area contributed by atoms with Crippen LogP contribution >= 0.6 is 0 Å². The molecule has 0 saturated heterocycles. The minimum Gasteiger partial charge on any atom is -0.502 e. The van der Waals surface area contributed by atoms with E-state index in [1.165, 1.54) is 0 Å². The van der Waals surface area contributed by atoms with Crippen molar-refractivity contribution in [1.29, 1.82) is 0 Å². The van der Waals surface area contributed by atoms with Gasteiger partial charge < -0.3 is 9.52 Å². The molecule has 0 aliphatic rings. The molecule has 20 heavy (non-hydrogen) atoms. The molecule has 0 unspecified atom stereocenters. The van der Waals surface area contributed by atoms with Crippen LogP contribution in [0.5, 0.6) is 5.75 Å². The molecule has 0 saturated carbocycles. The summed E-state index contributed by atoms with van der Waals surface area (Å²) in [4.78, 5) is 11.9. The predicted molar refractivity (Wildman–Crippen MR) is 80.2 cm³/mol. The van der Waals surface area contributed by atoms with Gasteiger partial charge in [-0.3, -0.25) is 0 Å². The molecular formula is C17H20O3. The van der Waals surface area contributed by atoms with Crippen LogP contribution in [0, 0.1) is 0 Å². The van der Waals surface area contributed by atoms with Crippen LogP contribution in [0.3, 0.4) is 0 Å². The summed E-state index contributed by atoms with van der Waals surface area (Å²) in [5.74, 6) is 0.287. The van der Waals surface area contributed by atoms with Crippen molar-refractivity contribution < 1.29 is 9.52 Å². The molecule has 0 atom stereocenters. The normalized spacial score (nSPS) is 11.6. The first-order chi connectivity index (χ1) is 9.36. The van der Waals surface area contributed by atoms with Gasteiger partial charge in [-0.2, -0.15) is 0 Å². The van der Waals surface area contributed by atoms with Crippen LogP contribution in [-0.2, 0) is 11.8 Å². The Morgan fingerprint density at radius 1 is 1.15 bits per heavy atom. The molecule has 1 aromatic heterocycles. The van der Waals surface area contributed by atoms with Gasteiger partial charge in [-0.1, -0.05) is 58.0 Å². The van der Waals surface area contributed by atoms with Gasteiger partial charge in [0.25, 0.3) is 0 Å². The van der Waals surface area contributed by atoms with E-state index in [0.717, 1.165) is 11.1 Å². The maximum absolute atomic E-state index is 11.9. The molecule has 2 rings (SSSR count). The first-order valence-corrected chi connectivity index (χ1v) is 6.81. The Kier molecular flexibility index (Phi) is 3.71. The SMILES string of the molecule is CCc1c(-c2ccccc2)oc(=O)c(O)c1C(C)(C)C. The molecule has 0 amide bonds. The van der Waals surface area contributed by atoms with Crippen LogP contribution in [0.2, 0.25) is 0 Å². The standard InChI is InChI=1S/C17H20O3/c1-5-12-13(17(2,3)4)14(18)16(19)20-15(12)11-9-7-6-8-10-11/h6-10,18H,5H2,1-4H3. The first kappa shape index (κ1) is 14.4. The van der Waals surface area contributed by atoms with Crippen molar-refractivity contribution in [1.82, 2.24) is 0 Å². The van der Waals surface area contributed by atoms with E-state index in [1.807, 2.05) is 58.0 Å². The zero-order valence-electron chi connectivity index (χ0n) is 12.4. The van der Waals surface area contributed by atoms with E-state index in [0.29, 0.717) is 17.7 Å². The van der Waals surface area contributed by atoms with Crippen LogP contribution in [0.15, 0.2) is 39.5 Å². The van der Waals surface area contributed by atoms with Gasteiger partial charge in [0.1, 0.15) is 5.76 Å². The average Bonchev–Trinajstić information content (AvgIpc) is 2.40. The van der Waals surface area contributed by atoms with Crippen molar-refractivity contribution in [2.24, 2.45) is 0 Å². The summed E-state index contributed by atoms with van der Waals surface area (Å²) < 4.78 is 5.35. The molecule has 3 nitrogen and oxygen atoms in total. The van der Waals surface area contributed by atoms with Crippen LogP contribution in [0.1, 0.15) is 38.8 Å². The van der Waals surface area contributed by atoms with E-state index in [1.54, 1.807) is 0 Å². The zero-order chi connectivity index (χ0) is 14.9. The molecule has 0 radical (unpaired) electrons. The van der Waals surface area contributed by atoms with Crippen LogP contribution in [0.25, 0.3) is 11.3 Å². The van der Waals surface area contributed by atoms with Gasteiger partial charge in [-0.05, 0) is 11.8 Å². The Morgan fingerprint density at radius 3 is 2.25 bits per heavy atom. The minimum atomic E-state index is -0.675. The molecule has 1 heterocycles. The molecule has 0 bridgehead atoms. The second kappa shape index (κ2) is 5.16. The number of hydrogen-bond acceptors (Lipinski definition) is 3. The van der Waals surface area contributed by atoms with Gasteiger partial charge in [-0.15, -0.1) is 0 Å². The number of benzene rings is 1. The van der Waals surface area contributed by atoms with Crippen molar-refractivity contribution >= 4 is 0 Å². The predicted octanol–water partition coefficient (Wildman–Crippen LogP) is 3.87. The Morgan fingerprint density at radius 2 is 1.75 bits per heavy atom. The van der Waals surface area contributed by atoms with E-state index in [2.05, 4.69) is 0 Å². The smallest absolute Gasteiger partial charge is 0.379 e. The highest BCUT2D eigenvalue weighted by Gasteiger charge is 2.27. The number of hydrogen-bond donors (Lipinski definition) is 1. The molecule has 0 aliphatic carbocycles. The summed E-state index contributed by atoms with van der Waals surface area (Å²) in [5, 5.41) is 10.1. The molecule has 3 heteroatoms. The Balaban J connectivity index is 2.84. The summed E-state index contributed by atoms with van der Waals surface area (Å²) in [6.07, 6.45) is 0.689. The van der Waals surface area contributed by atoms with Gasteiger partial charge in [0.05, 0.1) is 0 Å². The second-order valence-corrected chi connectivity index (χ2v) is 5.89. The molecule has 0 spiro atoms. The maximum atomic E-state index is 11.9. The van der Waals surface area contributed by atoms with E-state index in [-0.39, 0.29) is 11.2 Å². The van der Waals surface area contributed by atoms with Crippen molar-refractivity contribution in [3.8, 4) is 17.1 Å². The van der Waals surface area contributed by atoms with Crippen molar-refractivity contribution in [2.75, 3.05) is 0 Å². The third-order valence-electron chi connectivity index (χ3n) is 3.34. The van der Waals surface area contributed by atoms with Crippen molar-refractivity contribution in [3.05, 3.63) is 51.9 Å². The van der Waals surface area contributed by atoms with Gasteiger partial charge in [0.2, 0.25) is 5.75 Å². The molecule has 1 aromatic carbocycles. The van der Waals surface area contributed by atoms with E-state index in [9.17, 15) is 9.90 Å². The summed E-state index contributed by atoms with van der Waals surface area (Å²) in [6.45, 7) is 7.94. The highest BCUT2D eigenvalue weighted by atomic mass is 16.4. The van der Waals surface area contributed by atoms with Crippen molar-refractivity contribution in [3.63, 3.8) is 0 Å². The lowest BCUT2D eigenvalue weighted by atomic mass is 9.82. The monoisotopic (exact) mass is 272 g/mol. The fraction of sp³-hybridized carbons (Fsp3) is 0.353. The largest absolute Gasteiger partial charge is 0.502 e. The number of rotatable bonds is 2. The molecule has 1 N–H and O–H groups in total. The van der Waals surface area contributed by atoms with Crippen LogP contribution < -0.4 is 5.63 Å². The average molecular weight is 272 g/mol. The minimum absolute atomic E-state index is 0.269. The van der Waals surface area contributed by atoms with E-state index >= 15 is 0 Å². The van der Waals surface area contributed by atoms with E-state index in [4.69, 9.17) is 4.42 Å². The maximum Gasteiger partial charge on any atom is 0.379 e. The molecule has 0 aliphatic heterocycles. The zero-order valence-corrected chi connectivity index (χ0v) is 12.4. The summed E-state index contributed by atoms with van der Waals surface area (Å²) in [6, 6.07) is 9.52. The van der Waals surface area contributed by atoms with Gasteiger partial charge in [0, 0.05) is 16.7 Å². The lowest BCUT2D eigenvalue weighted by Crippen LogP contribution is -2.19. The van der Waals surface area contributed by atoms with Gasteiger partial charge >= 0.3 is 5.63 Å². The number of aromatic hydroxyl groups is 1. The van der Waals surface area contributed by atoms with Gasteiger partial charge in [0.15, 0.2) is 0 Å². The third kappa shape index (κ3) is 2.48. The highest BCUT2D eigenvalue weighted by Crippen LogP contribution is 2.37. The fourth-order valence-electron chi connectivity index (χ4n) is 2.53. The van der Waals surface area contributed by atoms with E-state index < -0.39 is 5.63 Å². The summed E-state index contributed by atoms with van der Waals surface area (Å²) >= 11 is 0. The molecule has 106 valence electrons. The molecule has 2 aromatic rings. The van der Waals surface area contributed by atoms with Crippen LogP contribution in [-0.4, -0.2) is 5.11 Å². The topological polar surface area (TPSA) is 50.4 Å². The molecular weight excluding hydrogens is 252 g/mol. The lowest BCUT2D eigenvalue weighted by molar-refractivity contribution is 0.391. The Hall–Kier alpha value is -2.03. The summed E-state index contributed by atoms with van der Waals surface area (Å²) in [7, 11) is 0. The Bertz CT molecular complexity index is 661. The third-order valence-corrected chi connectivity index (χ3v) is 3.34. The first-order valence-electron chi connectivity index (χ1n) is 6.81. The van der Waals surface area contributed by atoms with Gasteiger partial charge in [-0.25, -0.2) is 4.79 Å².